The molecule has 0 spiro atoms. The largest absolute Gasteiger partial charge is 0.410 e. The molecule has 0 fully saturated rings. The van der Waals surface area contributed by atoms with Crippen LogP contribution >= 0.6 is 22.6 Å². The van der Waals surface area contributed by atoms with Gasteiger partial charge in [-0.1, -0.05) is 5.16 Å². The highest BCUT2D eigenvalue weighted by Gasteiger charge is 2.08. The lowest BCUT2D eigenvalue weighted by molar-refractivity contribution is 0.418. The first-order chi connectivity index (χ1) is 5.36. The number of nitrogens with zero attached hydrogens (tertiary/aromatic N) is 3. The maximum absolute atomic E-state index is 5.07. The van der Waals surface area contributed by atoms with Crippen molar-refractivity contribution in [2.24, 2.45) is 0 Å². The Bertz CT molecular complexity index is 342. The van der Waals surface area contributed by atoms with Crippen LogP contribution in [0.25, 0.3) is 11.6 Å². The molecule has 0 radical (unpaired) electrons. The van der Waals surface area contributed by atoms with E-state index in [0.717, 1.165) is 0 Å². The second-order valence-electron chi connectivity index (χ2n) is 1.74. The second kappa shape index (κ2) is 2.61. The topological polar surface area (TPSA) is 65.0 Å². The molecule has 0 unspecified atom stereocenters. The molecule has 2 rings (SSSR count). The van der Waals surface area contributed by atoms with Gasteiger partial charge in [0.2, 0.25) is 0 Å². The Morgan fingerprint density at radius 3 is 2.82 bits per heavy atom. The van der Waals surface area contributed by atoms with E-state index in [9.17, 15) is 0 Å². The van der Waals surface area contributed by atoms with Crippen LogP contribution in [0.2, 0.25) is 0 Å². The smallest absolute Gasteiger partial charge is 0.278 e. The van der Waals surface area contributed by atoms with E-state index in [-0.39, 0.29) is 0 Å². The van der Waals surface area contributed by atoms with Crippen molar-refractivity contribution in [3.63, 3.8) is 0 Å². The van der Waals surface area contributed by atoms with Gasteiger partial charge in [0.15, 0.2) is 5.69 Å². The van der Waals surface area contributed by atoms with Crippen LogP contribution in [0.1, 0.15) is 0 Å². The van der Waals surface area contributed by atoms with Crippen LogP contribution in [0, 0.1) is 3.90 Å². The van der Waals surface area contributed by atoms with Gasteiger partial charge in [0.05, 0.1) is 0 Å². The molecule has 56 valence electrons. The molecule has 5 nitrogen and oxygen atoms in total. The fourth-order valence-electron chi connectivity index (χ4n) is 0.632. The van der Waals surface area contributed by atoms with Crippen molar-refractivity contribution in [3.05, 3.63) is 16.2 Å². The lowest BCUT2D eigenvalue weighted by Crippen LogP contribution is -1.75. The molecule has 0 saturated carbocycles. The minimum atomic E-state index is 0.378. The van der Waals surface area contributed by atoms with Gasteiger partial charge in [-0.25, -0.2) is 0 Å². The third-order valence-corrected chi connectivity index (χ3v) is 1.49. The molecule has 0 aromatic carbocycles. The van der Waals surface area contributed by atoms with E-state index in [1.165, 1.54) is 6.26 Å². The Morgan fingerprint density at radius 2 is 2.27 bits per heavy atom. The van der Waals surface area contributed by atoms with Crippen molar-refractivity contribution < 1.29 is 8.94 Å². The van der Waals surface area contributed by atoms with E-state index in [4.69, 9.17) is 4.42 Å². The minimum Gasteiger partial charge on any atom is -0.410 e. The molecule has 0 aliphatic carbocycles. The molecule has 0 saturated heterocycles. The summed E-state index contributed by atoms with van der Waals surface area (Å²) in [6.07, 6.45) is 1.45. The molecule has 2 heterocycles. The van der Waals surface area contributed by atoms with Gasteiger partial charge in [-0.15, -0.1) is 10.2 Å². The van der Waals surface area contributed by atoms with Crippen molar-refractivity contribution >= 4 is 22.6 Å². The Balaban J connectivity index is 2.45. The monoisotopic (exact) mass is 263 g/mol. The van der Waals surface area contributed by atoms with Crippen molar-refractivity contribution in [1.29, 1.82) is 0 Å². The lowest BCUT2D eigenvalue weighted by Gasteiger charge is -1.79. The summed E-state index contributed by atoms with van der Waals surface area (Å²) in [6.45, 7) is 0. The fourth-order valence-corrected chi connectivity index (χ4v) is 0.948. The Labute approximate surface area is 74.9 Å². The zero-order valence-corrected chi connectivity index (χ0v) is 7.35. The summed E-state index contributed by atoms with van der Waals surface area (Å²) < 4.78 is 10.2. The van der Waals surface area contributed by atoms with E-state index in [0.29, 0.717) is 15.5 Å². The highest BCUT2D eigenvalue weighted by molar-refractivity contribution is 14.1. The van der Waals surface area contributed by atoms with Crippen LogP contribution in [0.5, 0.6) is 0 Å². The van der Waals surface area contributed by atoms with Crippen LogP contribution in [-0.2, 0) is 0 Å². The second-order valence-corrected chi connectivity index (χ2v) is 2.67. The van der Waals surface area contributed by atoms with Crippen molar-refractivity contribution in [3.8, 4) is 11.6 Å². The molecule has 2 aromatic rings. The van der Waals surface area contributed by atoms with Crippen molar-refractivity contribution in [2.75, 3.05) is 0 Å². The van der Waals surface area contributed by atoms with Gasteiger partial charge in [-0.2, -0.15) is 0 Å². The molecule has 0 aliphatic heterocycles. The zero-order valence-electron chi connectivity index (χ0n) is 5.19. The molecule has 0 aliphatic rings. The average Bonchev–Trinajstić information content (AvgIpc) is 2.55. The summed E-state index contributed by atoms with van der Waals surface area (Å²) in [5, 5.41) is 11.0. The quantitative estimate of drug-likeness (QED) is 0.726. The van der Waals surface area contributed by atoms with Crippen molar-refractivity contribution in [2.45, 2.75) is 0 Å². The van der Waals surface area contributed by atoms with Gasteiger partial charge < -0.3 is 8.94 Å². The Kier molecular flexibility index (Phi) is 1.60. The van der Waals surface area contributed by atoms with Crippen molar-refractivity contribution in [1.82, 2.24) is 15.4 Å². The number of rotatable bonds is 1. The number of hydrogen-bond donors (Lipinski definition) is 0. The summed E-state index contributed by atoms with van der Waals surface area (Å²) in [5.41, 5.74) is 0.556. The van der Waals surface area contributed by atoms with Gasteiger partial charge >= 0.3 is 0 Å². The fraction of sp³-hybridized carbons (Fsp3) is 0. The zero-order chi connectivity index (χ0) is 7.68. The molecular formula is C5H2IN3O2. The Hall–Kier alpha value is -0.920. The summed E-state index contributed by atoms with van der Waals surface area (Å²) in [5.74, 6) is 0.378. The summed E-state index contributed by atoms with van der Waals surface area (Å²) in [4.78, 5) is 0. The molecule has 0 N–H and O–H groups in total. The minimum absolute atomic E-state index is 0.378. The predicted octanol–water partition coefficient (Wildman–Crippen LogP) is 1.33. The van der Waals surface area contributed by atoms with E-state index >= 15 is 0 Å². The first-order valence-electron chi connectivity index (χ1n) is 2.76. The van der Waals surface area contributed by atoms with E-state index < -0.39 is 0 Å². The van der Waals surface area contributed by atoms with Gasteiger partial charge in [0.1, 0.15) is 6.26 Å². The first kappa shape index (κ1) is 6.77. The average molecular weight is 263 g/mol. The standard InChI is InChI=1S/C5H2IN3O2/c6-5-8-7-4(11-5)3-1-2-10-9-3/h1-2H. The maximum Gasteiger partial charge on any atom is 0.278 e. The number of halogens is 1. The highest BCUT2D eigenvalue weighted by atomic mass is 127. The normalized spacial score (nSPS) is 10.3. The summed E-state index contributed by atoms with van der Waals surface area (Å²) in [6, 6.07) is 1.66. The SMILES string of the molecule is Ic1nnc(-c2ccon2)o1. The summed E-state index contributed by atoms with van der Waals surface area (Å²) >= 11 is 1.93. The van der Waals surface area contributed by atoms with E-state index in [1.54, 1.807) is 6.07 Å². The molecule has 0 bridgehead atoms. The van der Waals surface area contributed by atoms with Crippen LogP contribution in [-0.4, -0.2) is 15.4 Å². The van der Waals surface area contributed by atoms with E-state index in [1.807, 2.05) is 22.6 Å². The first-order valence-corrected chi connectivity index (χ1v) is 3.84. The van der Waals surface area contributed by atoms with Crippen LogP contribution in [0.3, 0.4) is 0 Å². The molecule has 0 amide bonds. The number of hydrogen-bond acceptors (Lipinski definition) is 5. The van der Waals surface area contributed by atoms with Gasteiger partial charge in [0.25, 0.3) is 9.79 Å². The third-order valence-electron chi connectivity index (χ3n) is 1.06. The molecule has 11 heavy (non-hydrogen) atoms. The van der Waals surface area contributed by atoms with E-state index in [2.05, 4.69) is 19.9 Å². The predicted molar refractivity (Wildman–Crippen MR) is 42.5 cm³/mol. The third kappa shape index (κ3) is 1.25. The molecule has 6 heteroatoms. The van der Waals surface area contributed by atoms with Crippen LogP contribution in [0.15, 0.2) is 21.3 Å². The lowest BCUT2D eigenvalue weighted by atomic mass is 10.4. The van der Waals surface area contributed by atoms with Crippen LogP contribution in [0.4, 0.5) is 0 Å². The number of aromatic nitrogens is 3. The van der Waals surface area contributed by atoms with Gasteiger partial charge in [-0.3, -0.25) is 0 Å². The molecule has 0 atom stereocenters. The van der Waals surface area contributed by atoms with Crippen LogP contribution < -0.4 is 0 Å². The highest BCUT2D eigenvalue weighted by Crippen LogP contribution is 2.15. The van der Waals surface area contributed by atoms with Gasteiger partial charge in [-0.05, 0) is 0 Å². The maximum atomic E-state index is 5.07. The summed E-state index contributed by atoms with van der Waals surface area (Å²) in [7, 11) is 0. The Morgan fingerprint density at radius 1 is 1.36 bits per heavy atom. The molecular weight excluding hydrogens is 261 g/mol. The van der Waals surface area contributed by atoms with Gasteiger partial charge in [0, 0.05) is 28.7 Å². The molecule has 2 aromatic heterocycles.